The molecule has 1 aromatic carbocycles. The van der Waals surface area contributed by atoms with Crippen molar-refractivity contribution in [2.75, 3.05) is 46.4 Å². The third-order valence-corrected chi connectivity index (χ3v) is 7.34. The number of fused-ring (bicyclic) bond motifs is 1. The monoisotopic (exact) mass is 427 g/mol. The Labute approximate surface area is 186 Å². The summed E-state index contributed by atoms with van der Waals surface area (Å²) in [7, 11) is 1.69. The van der Waals surface area contributed by atoms with Crippen LogP contribution in [0, 0.1) is 11.8 Å². The summed E-state index contributed by atoms with van der Waals surface area (Å²) in [4.78, 5) is 32.6. The van der Waals surface area contributed by atoms with Crippen molar-refractivity contribution in [1.82, 2.24) is 14.7 Å². The first-order chi connectivity index (χ1) is 15.2. The highest BCUT2D eigenvalue weighted by Gasteiger charge is 2.39. The molecule has 3 fully saturated rings. The van der Waals surface area contributed by atoms with Crippen LogP contribution >= 0.6 is 0 Å². The lowest BCUT2D eigenvalue weighted by Gasteiger charge is -2.46. The van der Waals surface area contributed by atoms with Crippen LogP contribution in [-0.2, 0) is 20.9 Å². The number of hydrogen-bond donors (Lipinski definition) is 0. The van der Waals surface area contributed by atoms with Crippen molar-refractivity contribution in [2.45, 2.75) is 51.1 Å². The third kappa shape index (κ3) is 5.47. The number of benzene rings is 1. The number of hydrogen-bond acceptors (Lipinski definition) is 4. The molecule has 170 valence electrons. The van der Waals surface area contributed by atoms with Crippen molar-refractivity contribution in [2.24, 2.45) is 11.8 Å². The molecule has 3 saturated heterocycles. The van der Waals surface area contributed by atoms with Crippen LogP contribution < -0.4 is 0 Å². The molecule has 3 atom stereocenters. The Morgan fingerprint density at radius 1 is 1.13 bits per heavy atom. The largest absolute Gasteiger partial charge is 0.383 e. The summed E-state index contributed by atoms with van der Waals surface area (Å²) < 4.78 is 5.32. The molecule has 3 aliphatic heterocycles. The van der Waals surface area contributed by atoms with Crippen LogP contribution in [0.2, 0.25) is 0 Å². The van der Waals surface area contributed by atoms with Crippen LogP contribution in [0.5, 0.6) is 0 Å². The summed E-state index contributed by atoms with van der Waals surface area (Å²) >= 11 is 0. The second-order valence-electron chi connectivity index (χ2n) is 9.44. The second-order valence-corrected chi connectivity index (χ2v) is 9.44. The van der Waals surface area contributed by atoms with Gasteiger partial charge in [-0.25, -0.2) is 0 Å². The van der Waals surface area contributed by atoms with Gasteiger partial charge in [-0.3, -0.25) is 9.59 Å². The van der Waals surface area contributed by atoms with Crippen LogP contribution in [0.25, 0.3) is 0 Å². The zero-order valence-electron chi connectivity index (χ0n) is 18.9. The van der Waals surface area contributed by atoms with Crippen molar-refractivity contribution < 1.29 is 14.3 Å². The highest BCUT2D eigenvalue weighted by atomic mass is 16.5. The normalized spacial score (nSPS) is 26.7. The van der Waals surface area contributed by atoms with Gasteiger partial charge in [0.1, 0.15) is 0 Å². The van der Waals surface area contributed by atoms with Gasteiger partial charge in [0.2, 0.25) is 11.8 Å². The van der Waals surface area contributed by atoms with E-state index in [0.717, 1.165) is 12.1 Å². The number of piperidine rings is 2. The van der Waals surface area contributed by atoms with Gasteiger partial charge in [-0.05, 0) is 50.3 Å². The number of carbonyl (C=O) groups excluding carboxylic acids is 2. The van der Waals surface area contributed by atoms with E-state index in [-0.39, 0.29) is 17.7 Å². The van der Waals surface area contributed by atoms with Gasteiger partial charge in [0.05, 0.1) is 12.5 Å². The van der Waals surface area contributed by atoms with Gasteiger partial charge in [-0.15, -0.1) is 0 Å². The predicted octanol–water partition coefficient (Wildman–Crippen LogP) is 2.77. The maximum absolute atomic E-state index is 13.5. The lowest BCUT2D eigenvalue weighted by molar-refractivity contribution is -0.137. The van der Waals surface area contributed by atoms with E-state index in [1.807, 2.05) is 40.1 Å². The molecule has 6 nitrogen and oxygen atoms in total. The van der Waals surface area contributed by atoms with Crippen molar-refractivity contribution in [1.29, 1.82) is 0 Å². The van der Waals surface area contributed by atoms with E-state index in [9.17, 15) is 9.59 Å². The molecule has 0 saturated carbocycles. The minimum absolute atomic E-state index is 0.0880. The maximum Gasteiger partial charge on any atom is 0.228 e. The minimum Gasteiger partial charge on any atom is -0.383 e. The average molecular weight is 428 g/mol. The molecule has 3 heterocycles. The highest BCUT2D eigenvalue weighted by molar-refractivity contribution is 5.89. The summed E-state index contributed by atoms with van der Waals surface area (Å²) in [5.41, 5.74) is 1.11. The molecule has 31 heavy (non-hydrogen) atoms. The number of methoxy groups -OCH3 is 1. The molecule has 4 rings (SSSR count). The Hall–Kier alpha value is -1.92. The van der Waals surface area contributed by atoms with Gasteiger partial charge >= 0.3 is 0 Å². The first-order valence-corrected chi connectivity index (χ1v) is 12.0. The van der Waals surface area contributed by atoms with E-state index in [0.29, 0.717) is 44.6 Å². The molecular formula is C25H37N3O3. The lowest BCUT2D eigenvalue weighted by atomic mass is 9.83. The van der Waals surface area contributed by atoms with E-state index in [1.165, 1.54) is 45.2 Å². The van der Waals surface area contributed by atoms with Gasteiger partial charge in [-0.2, -0.15) is 0 Å². The second kappa shape index (κ2) is 10.6. The molecular weight excluding hydrogens is 390 g/mol. The third-order valence-electron chi connectivity index (χ3n) is 7.34. The van der Waals surface area contributed by atoms with Crippen molar-refractivity contribution in [3.05, 3.63) is 35.9 Å². The molecule has 1 aromatic rings. The fourth-order valence-electron chi connectivity index (χ4n) is 5.72. The van der Waals surface area contributed by atoms with Gasteiger partial charge in [0, 0.05) is 45.8 Å². The van der Waals surface area contributed by atoms with Gasteiger partial charge in [0.25, 0.3) is 0 Å². The van der Waals surface area contributed by atoms with Crippen LogP contribution in [0.4, 0.5) is 0 Å². The summed E-state index contributed by atoms with van der Waals surface area (Å²) in [6, 6.07) is 10.6. The first-order valence-electron chi connectivity index (χ1n) is 12.0. The molecule has 0 bridgehead atoms. The maximum atomic E-state index is 13.5. The SMILES string of the molecule is COCCN(C[C@@H]1CCCN2CCCC[C@H]12)C(=O)[C@H]1CC(=O)N(Cc2ccccc2)C1. The average Bonchev–Trinajstić information content (AvgIpc) is 3.17. The summed E-state index contributed by atoms with van der Waals surface area (Å²) in [6.07, 6.45) is 6.60. The number of ether oxygens (including phenoxy) is 1. The predicted molar refractivity (Wildman–Crippen MR) is 120 cm³/mol. The number of carbonyl (C=O) groups is 2. The fourth-order valence-corrected chi connectivity index (χ4v) is 5.72. The standard InChI is InChI=1S/C25H37N3O3/c1-31-15-14-27(18-21-10-7-13-26-12-6-5-11-23(21)26)25(30)22-16-24(29)28(19-22)17-20-8-3-2-4-9-20/h2-4,8-9,21-23H,5-7,10-19H2,1H3/t21-,22-,23+/m0/s1. The molecule has 0 unspecified atom stereocenters. The van der Waals surface area contributed by atoms with Gasteiger partial charge < -0.3 is 19.4 Å². The number of amides is 2. The minimum atomic E-state index is -0.237. The van der Waals surface area contributed by atoms with E-state index in [1.54, 1.807) is 7.11 Å². The fraction of sp³-hybridized carbons (Fsp3) is 0.680. The quantitative estimate of drug-likeness (QED) is 0.640. The molecule has 3 aliphatic rings. The Kier molecular flexibility index (Phi) is 7.62. The molecule has 2 amide bonds. The van der Waals surface area contributed by atoms with Crippen LogP contribution in [0.15, 0.2) is 30.3 Å². The zero-order valence-corrected chi connectivity index (χ0v) is 18.9. The van der Waals surface area contributed by atoms with Crippen molar-refractivity contribution in [3.8, 4) is 0 Å². The summed E-state index contributed by atoms with van der Waals surface area (Å²) in [5, 5.41) is 0. The smallest absolute Gasteiger partial charge is 0.228 e. The number of likely N-dealkylation sites (tertiary alicyclic amines) is 1. The van der Waals surface area contributed by atoms with Gasteiger partial charge in [-0.1, -0.05) is 36.8 Å². The van der Waals surface area contributed by atoms with E-state index >= 15 is 0 Å². The Morgan fingerprint density at radius 3 is 2.74 bits per heavy atom. The molecule has 0 aliphatic carbocycles. The summed E-state index contributed by atoms with van der Waals surface area (Å²) in [6.45, 7) is 5.48. The van der Waals surface area contributed by atoms with Crippen LogP contribution in [0.3, 0.4) is 0 Å². The first kappa shape index (κ1) is 22.3. The lowest BCUT2D eigenvalue weighted by Crippen LogP contribution is -2.52. The van der Waals surface area contributed by atoms with E-state index in [4.69, 9.17) is 4.74 Å². The molecule has 0 radical (unpaired) electrons. The molecule has 0 N–H and O–H groups in total. The van der Waals surface area contributed by atoms with E-state index in [2.05, 4.69) is 4.90 Å². The van der Waals surface area contributed by atoms with Crippen LogP contribution in [-0.4, -0.2) is 79.0 Å². The van der Waals surface area contributed by atoms with Gasteiger partial charge in [0.15, 0.2) is 0 Å². The van der Waals surface area contributed by atoms with E-state index < -0.39 is 0 Å². The Balaban J connectivity index is 1.40. The van der Waals surface area contributed by atoms with Crippen LogP contribution in [0.1, 0.15) is 44.1 Å². The number of rotatable bonds is 8. The molecule has 6 heteroatoms. The molecule has 0 spiro atoms. The zero-order chi connectivity index (χ0) is 21.6. The topological polar surface area (TPSA) is 53.1 Å². The van der Waals surface area contributed by atoms with Crippen molar-refractivity contribution in [3.63, 3.8) is 0 Å². The number of nitrogens with zero attached hydrogens (tertiary/aromatic N) is 3. The summed E-state index contributed by atoms with van der Waals surface area (Å²) in [5.74, 6) is 0.519. The van der Waals surface area contributed by atoms with Crippen molar-refractivity contribution >= 4 is 11.8 Å². The Bertz CT molecular complexity index is 739. The molecule has 0 aromatic heterocycles. The Morgan fingerprint density at radius 2 is 1.94 bits per heavy atom. The highest BCUT2D eigenvalue weighted by Crippen LogP contribution is 2.32.